The van der Waals surface area contributed by atoms with E-state index in [1.165, 1.54) is 6.20 Å². The van der Waals surface area contributed by atoms with Gasteiger partial charge in [-0.3, -0.25) is 4.99 Å². The first-order valence-electron chi connectivity index (χ1n) is 3.22. The highest BCUT2D eigenvalue weighted by atomic mass is 79.9. The van der Waals surface area contributed by atoms with Gasteiger partial charge in [-0.2, -0.15) is 0 Å². The number of hydrogen-bond acceptors (Lipinski definition) is 1. The Morgan fingerprint density at radius 3 is 2.45 bits per heavy atom. The van der Waals surface area contributed by atoms with Gasteiger partial charge in [-0.15, -0.1) is 0 Å². The molecule has 2 heteroatoms. The molecule has 56 valence electrons. The minimum atomic E-state index is 1.08. The summed E-state index contributed by atoms with van der Waals surface area (Å²) in [4.78, 5) is 3.90. The standard InChI is InChI=1S/C9H8BrN/c1-2-11-7-8-3-5-9(10)6-4-8/h2-7H,1H2. The summed E-state index contributed by atoms with van der Waals surface area (Å²) in [5.74, 6) is 0. The molecule has 1 nitrogen and oxygen atoms in total. The SMILES string of the molecule is C=CN=Cc1ccc(Br)cc1. The zero-order chi connectivity index (χ0) is 8.10. The number of benzene rings is 1. The van der Waals surface area contributed by atoms with Crippen molar-refractivity contribution in [2.24, 2.45) is 4.99 Å². The number of aliphatic imine (C=N–C) groups is 1. The molecule has 0 aliphatic rings. The van der Waals surface area contributed by atoms with E-state index < -0.39 is 0 Å². The van der Waals surface area contributed by atoms with Crippen LogP contribution in [0.25, 0.3) is 0 Å². The van der Waals surface area contributed by atoms with E-state index in [9.17, 15) is 0 Å². The molecular formula is C9H8BrN. The van der Waals surface area contributed by atoms with Crippen molar-refractivity contribution in [3.05, 3.63) is 47.1 Å². The Kier molecular flexibility index (Phi) is 3.05. The van der Waals surface area contributed by atoms with Crippen molar-refractivity contribution >= 4 is 22.1 Å². The van der Waals surface area contributed by atoms with E-state index in [1.807, 2.05) is 24.3 Å². The van der Waals surface area contributed by atoms with Crippen LogP contribution in [0.15, 0.2) is 46.5 Å². The lowest BCUT2D eigenvalue weighted by atomic mass is 10.2. The van der Waals surface area contributed by atoms with Crippen molar-refractivity contribution in [3.63, 3.8) is 0 Å². The Balaban J connectivity index is 2.81. The molecular weight excluding hydrogens is 202 g/mol. The maximum absolute atomic E-state index is 3.90. The van der Waals surface area contributed by atoms with Gasteiger partial charge in [0.2, 0.25) is 0 Å². The van der Waals surface area contributed by atoms with E-state index >= 15 is 0 Å². The second-order valence-corrected chi connectivity index (χ2v) is 2.93. The molecule has 0 amide bonds. The van der Waals surface area contributed by atoms with Gasteiger partial charge in [0.15, 0.2) is 0 Å². The van der Waals surface area contributed by atoms with E-state index in [2.05, 4.69) is 27.5 Å². The van der Waals surface area contributed by atoms with Gasteiger partial charge in [-0.05, 0) is 17.7 Å². The van der Waals surface area contributed by atoms with Crippen LogP contribution in [0.2, 0.25) is 0 Å². The van der Waals surface area contributed by atoms with Crippen molar-refractivity contribution in [1.82, 2.24) is 0 Å². The van der Waals surface area contributed by atoms with Gasteiger partial charge in [-0.1, -0.05) is 34.6 Å². The minimum Gasteiger partial charge on any atom is -0.265 e. The molecule has 0 saturated heterocycles. The summed E-state index contributed by atoms with van der Waals surface area (Å²) in [7, 11) is 0. The van der Waals surface area contributed by atoms with Crippen LogP contribution in [-0.2, 0) is 0 Å². The highest BCUT2D eigenvalue weighted by molar-refractivity contribution is 9.10. The predicted molar refractivity (Wildman–Crippen MR) is 51.9 cm³/mol. The average molecular weight is 210 g/mol. The summed E-state index contributed by atoms with van der Waals surface area (Å²) in [6.07, 6.45) is 3.28. The first kappa shape index (κ1) is 8.21. The molecule has 1 aromatic carbocycles. The number of halogens is 1. The summed E-state index contributed by atoms with van der Waals surface area (Å²) >= 11 is 3.35. The first-order valence-corrected chi connectivity index (χ1v) is 4.02. The van der Waals surface area contributed by atoms with Crippen molar-refractivity contribution in [1.29, 1.82) is 0 Å². The van der Waals surface area contributed by atoms with Gasteiger partial charge >= 0.3 is 0 Å². The summed E-state index contributed by atoms with van der Waals surface area (Å²) in [6, 6.07) is 7.92. The zero-order valence-electron chi connectivity index (χ0n) is 6.00. The highest BCUT2D eigenvalue weighted by Gasteiger charge is 1.85. The molecule has 0 N–H and O–H groups in total. The van der Waals surface area contributed by atoms with Crippen LogP contribution in [0.5, 0.6) is 0 Å². The molecule has 1 aromatic rings. The molecule has 0 aliphatic heterocycles. The van der Waals surface area contributed by atoms with Crippen LogP contribution in [0.3, 0.4) is 0 Å². The third-order valence-electron chi connectivity index (χ3n) is 1.20. The molecule has 0 radical (unpaired) electrons. The third-order valence-corrected chi connectivity index (χ3v) is 1.73. The molecule has 0 unspecified atom stereocenters. The molecule has 0 spiro atoms. The Labute approximate surface area is 74.6 Å². The predicted octanol–water partition coefficient (Wildman–Crippen LogP) is 3.01. The lowest BCUT2D eigenvalue weighted by Crippen LogP contribution is -1.77. The monoisotopic (exact) mass is 209 g/mol. The summed E-state index contributed by atoms with van der Waals surface area (Å²) in [5.41, 5.74) is 1.08. The lowest BCUT2D eigenvalue weighted by Gasteiger charge is -1.90. The number of hydrogen-bond donors (Lipinski definition) is 0. The Bertz CT molecular complexity index is 261. The van der Waals surface area contributed by atoms with Crippen LogP contribution >= 0.6 is 15.9 Å². The number of nitrogens with zero attached hydrogens (tertiary/aromatic N) is 1. The van der Waals surface area contributed by atoms with Gasteiger partial charge in [0, 0.05) is 16.9 Å². The smallest absolute Gasteiger partial charge is 0.0340 e. The van der Waals surface area contributed by atoms with Crippen LogP contribution in [0.4, 0.5) is 0 Å². The molecule has 0 fully saturated rings. The van der Waals surface area contributed by atoms with Crippen molar-refractivity contribution in [2.75, 3.05) is 0 Å². The van der Waals surface area contributed by atoms with Crippen LogP contribution in [-0.4, -0.2) is 6.21 Å². The molecule has 0 aromatic heterocycles. The van der Waals surface area contributed by atoms with Gasteiger partial charge < -0.3 is 0 Å². The van der Waals surface area contributed by atoms with Crippen LogP contribution in [0, 0.1) is 0 Å². The van der Waals surface area contributed by atoms with E-state index in [1.54, 1.807) is 6.21 Å². The van der Waals surface area contributed by atoms with E-state index in [0.29, 0.717) is 0 Å². The summed E-state index contributed by atoms with van der Waals surface area (Å²) in [6.45, 7) is 3.49. The van der Waals surface area contributed by atoms with Gasteiger partial charge in [-0.25, -0.2) is 0 Å². The minimum absolute atomic E-state index is 1.08. The second-order valence-electron chi connectivity index (χ2n) is 2.01. The highest BCUT2D eigenvalue weighted by Crippen LogP contribution is 2.08. The zero-order valence-corrected chi connectivity index (χ0v) is 7.58. The van der Waals surface area contributed by atoms with E-state index in [4.69, 9.17) is 0 Å². The van der Waals surface area contributed by atoms with Crippen molar-refractivity contribution in [3.8, 4) is 0 Å². The lowest BCUT2D eigenvalue weighted by molar-refractivity contribution is 1.57. The van der Waals surface area contributed by atoms with Gasteiger partial charge in [0.25, 0.3) is 0 Å². The maximum Gasteiger partial charge on any atom is 0.0340 e. The first-order chi connectivity index (χ1) is 5.33. The molecule has 0 atom stereocenters. The van der Waals surface area contributed by atoms with E-state index in [-0.39, 0.29) is 0 Å². The van der Waals surface area contributed by atoms with Crippen molar-refractivity contribution in [2.45, 2.75) is 0 Å². The fourth-order valence-corrected chi connectivity index (χ4v) is 0.952. The molecule has 0 heterocycles. The summed E-state index contributed by atoms with van der Waals surface area (Å²) < 4.78 is 1.08. The molecule has 0 bridgehead atoms. The van der Waals surface area contributed by atoms with Crippen LogP contribution < -0.4 is 0 Å². The quantitative estimate of drug-likeness (QED) is 0.665. The molecule has 11 heavy (non-hydrogen) atoms. The average Bonchev–Trinajstić information content (AvgIpc) is 2.04. The van der Waals surface area contributed by atoms with Gasteiger partial charge in [0.05, 0.1) is 0 Å². The third kappa shape index (κ3) is 2.68. The largest absolute Gasteiger partial charge is 0.265 e. The number of rotatable bonds is 2. The fraction of sp³-hybridized carbons (Fsp3) is 0. The maximum atomic E-state index is 3.90. The Hall–Kier alpha value is -0.890. The Morgan fingerprint density at radius 1 is 1.27 bits per heavy atom. The van der Waals surface area contributed by atoms with E-state index in [0.717, 1.165) is 10.0 Å². The summed E-state index contributed by atoms with van der Waals surface area (Å²) in [5, 5.41) is 0. The molecule has 0 saturated carbocycles. The van der Waals surface area contributed by atoms with Gasteiger partial charge in [0.1, 0.15) is 0 Å². The normalized spacial score (nSPS) is 10.3. The fourth-order valence-electron chi connectivity index (χ4n) is 0.688. The second kappa shape index (κ2) is 4.09. The molecule has 0 aliphatic carbocycles. The van der Waals surface area contributed by atoms with Crippen LogP contribution in [0.1, 0.15) is 5.56 Å². The topological polar surface area (TPSA) is 12.4 Å². The Morgan fingerprint density at radius 2 is 1.91 bits per heavy atom. The molecule has 1 rings (SSSR count). The van der Waals surface area contributed by atoms with Crippen molar-refractivity contribution < 1.29 is 0 Å².